The molecule has 0 aromatic carbocycles. The molecule has 0 heterocycles. The van der Waals surface area contributed by atoms with Crippen molar-refractivity contribution in [1.82, 2.24) is 0 Å². The molecule has 0 bridgehead atoms. The van der Waals surface area contributed by atoms with Gasteiger partial charge in [0.2, 0.25) is 0 Å². The van der Waals surface area contributed by atoms with Crippen LogP contribution in [0.4, 0.5) is 0 Å². The number of rotatable bonds is 0. The second kappa shape index (κ2) is 29.3. The van der Waals surface area contributed by atoms with Crippen molar-refractivity contribution in [3.63, 3.8) is 0 Å². The van der Waals surface area contributed by atoms with Crippen molar-refractivity contribution in [1.29, 1.82) is 0 Å². The molecule has 0 fully saturated rings. The molecule has 37 valence electrons. The van der Waals surface area contributed by atoms with Gasteiger partial charge < -0.3 is 0 Å². The molecule has 0 aromatic rings. The van der Waals surface area contributed by atoms with Gasteiger partial charge in [-0.2, -0.15) is 0 Å². The Kier molecular flexibility index (Phi) is 65.5. The van der Waals surface area contributed by atoms with E-state index in [4.69, 9.17) is 15.9 Å². The van der Waals surface area contributed by atoms with Gasteiger partial charge in [-0.15, -0.1) is 0 Å². The Hall–Kier alpha value is 0.784. The van der Waals surface area contributed by atoms with Crippen molar-refractivity contribution in [3.8, 4) is 0 Å². The predicted molar refractivity (Wildman–Crippen MR) is 12.9 cm³/mol. The zero-order chi connectivity index (χ0) is 5.41. The SMILES string of the molecule is [Mn+2].[O]=[Al][O-].[O]=[Al][O-]. The van der Waals surface area contributed by atoms with Crippen molar-refractivity contribution < 1.29 is 33.0 Å². The molecular formula is Al2MnO4. The number of hydrogen-bond acceptors (Lipinski definition) is 4. The Balaban J connectivity index is -0.0000000400. The van der Waals surface area contributed by atoms with Crippen molar-refractivity contribution in [2.24, 2.45) is 0 Å². The first-order chi connectivity index (χ1) is 2.83. The summed E-state index contributed by atoms with van der Waals surface area (Å²) in [5.41, 5.74) is 0. The Morgan fingerprint density at radius 3 is 1.00 bits per heavy atom. The summed E-state index contributed by atoms with van der Waals surface area (Å²) in [7, 11) is 0. The molecule has 0 aliphatic rings. The van der Waals surface area contributed by atoms with E-state index in [1.165, 1.54) is 0 Å². The van der Waals surface area contributed by atoms with Crippen LogP contribution in [0.5, 0.6) is 0 Å². The first kappa shape index (κ1) is 15.7. The molecule has 0 unspecified atom stereocenters. The van der Waals surface area contributed by atoms with Gasteiger partial charge in [-0.25, -0.2) is 0 Å². The Labute approximate surface area is 63.9 Å². The zero-order valence-corrected chi connectivity index (χ0v) is 6.66. The molecule has 0 atom stereocenters. The molecule has 1 radical (unpaired) electrons. The topological polar surface area (TPSA) is 80.3 Å². The second-order valence-corrected chi connectivity index (χ2v) is 0.577. The van der Waals surface area contributed by atoms with E-state index in [0.717, 1.165) is 0 Å². The summed E-state index contributed by atoms with van der Waals surface area (Å²) in [6.07, 6.45) is 0. The summed E-state index contributed by atoms with van der Waals surface area (Å²) in [5.74, 6) is 0. The van der Waals surface area contributed by atoms with Crippen LogP contribution in [0.3, 0.4) is 0 Å². The molecule has 0 saturated carbocycles. The molecule has 7 heteroatoms. The first-order valence-electron chi connectivity index (χ1n) is 0.943. The molecule has 0 spiro atoms. The van der Waals surface area contributed by atoms with Gasteiger partial charge in [0.1, 0.15) is 0 Å². The molecule has 4 nitrogen and oxygen atoms in total. The van der Waals surface area contributed by atoms with Crippen LogP contribution in [0.25, 0.3) is 0 Å². The Morgan fingerprint density at radius 1 is 1.00 bits per heavy atom. The van der Waals surface area contributed by atoms with Gasteiger partial charge >= 0.3 is 64.0 Å². The minimum absolute atomic E-state index is 0. The normalized spacial score (nSPS) is 2.29. The predicted octanol–water partition coefficient (Wildman–Crippen LogP) is -3.38. The summed E-state index contributed by atoms with van der Waals surface area (Å²) in [6.45, 7) is 0. The molecule has 0 amide bonds. The molecule has 0 aliphatic carbocycles. The molecule has 0 N–H and O–H groups in total. The Morgan fingerprint density at radius 2 is 1.00 bits per heavy atom. The van der Waals surface area contributed by atoms with Crippen LogP contribution in [-0.2, 0) is 24.7 Å². The van der Waals surface area contributed by atoms with Crippen LogP contribution in [0.15, 0.2) is 0 Å². The van der Waals surface area contributed by atoms with Crippen LogP contribution in [0.1, 0.15) is 0 Å². The first-order valence-corrected chi connectivity index (χ1v) is 2.83. The average molecular weight is 173 g/mol. The zero-order valence-electron chi connectivity index (χ0n) is 3.17. The van der Waals surface area contributed by atoms with E-state index >= 15 is 0 Å². The molecule has 0 aliphatic heterocycles. The fourth-order valence-corrected chi connectivity index (χ4v) is 0. The summed E-state index contributed by atoms with van der Waals surface area (Å²) in [5, 5.41) is 0. The third-order valence-electron chi connectivity index (χ3n) is 0. The monoisotopic (exact) mass is 173 g/mol. The minimum atomic E-state index is -1.75. The fourth-order valence-electron chi connectivity index (χ4n) is 0. The van der Waals surface area contributed by atoms with Crippen LogP contribution in [-0.4, -0.2) is 31.0 Å². The van der Waals surface area contributed by atoms with Gasteiger partial charge in [-0.1, -0.05) is 0 Å². The van der Waals surface area contributed by atoms with Gasteiger partial charge in [-0.3, -0.25) is 0 Å². The molecule has 0 rings (SSSR count). The standard InChI is InChI=1S/2Al.Mn.4O/q;;+2;;;2*-1. The summed E-state index contributed by atoms with van der Waals surface area (Å²) in [4.78, 5) is 0. The van der Waals surface area contributed by atoms with Gasteiger partial charge in [-0.05, 0) is 0 Å². The third kappa shape index (κ3) is 252. The summed E-state index contributed by atoms with van der Waals surface area (Å²) < 4.78 is 33.8. The van der Waals surface area contributed by atoms with Gasteiger partial charge in [0.05, 0.1) is 0 Å². The van der Waals surface area contributed by atoms with Crippen molar-refractivity contribution in [3.05, 3.63) is 0 Å². The van der Waals surface area contributed by atoms with Crippen LogP contribution < -0.4 is 8.32 Å². The molecule has 0 saturated heterocycles. The average Bonchev–Trinajstić information content (AvgIpc) is 1.39. The number of hydrogen-bond donors (Lipinski definition) is 0. The van der Waals surface area contributed by atoms with Crippen molar-refractivity contribution in [2.45, 2.75) is 0 Å². The van der Waals surface area contributed by atoms with Crippen LogP contribution in [0.2, 0.25) is 0 Å². The van der Waals surface area contributed by atoms with E-state index in [2.05, 4.69) is 0 Å². The van der Waals surface area contributed by atoms with E-state index < -0.39 is 31.0 Å². The van der Waals surface area contributed by atoms with Gasteiger partial charge in [0, 0.05) is 0 Å². The van der Waals surface area contributed by atoms with E-state index in [1.807, 2.05) is 0 Å². The summed E-state index contributed by atoms with van der Waals surface area (Å²) >= 11 is -3.50. The summed E-state index contributed by atoms with van der Waals surface area (Å²) in [6, 6.07) is 0. The molecular weight excluding hydrogens is 173 g/mol. The van der Waals surface area contributed by atoms with E-state index in [1.54, 1.807) is 0 Å². The molecule has 0 aromatic heterocycles. The van der Waals surface area contributed by atoms with Gasteiger partial charge in [0.15, 0.2) is 0 Å². The third-order valence-corrected chi connectivity index (χ3v) is 0. The maximum absolute atomic E-state index is 8.46. The maximum atomic E-state index is 8.46. The fraction of sp³-hybridized carbons (Fsp3) is 0. The van der Waals surface area contributed by atoms with Gasteiger partial charge in [0.25, 0.3) is 0 Å². The van der Waals surface area contributed by atoms with Crippen LogP contribution in [0, 0.1) is 0 Å². The van der Waals surface area contributed by atoms with E-state index in [0.29, 0.717) is 0 Å². The van der Waals surface area contributed by atoms with Crippen molar-refractivity contribution >= 4 is 31.0 Å². The van der Waals surface area contributed by atoms with E-state index in [-0.39, 0.29) is 17.1 Å². The van der Waals surface area contributed by atoms with Crippen molar-refractivity contribution in [2.75, 3.05) is 0 Å². The second-order valence-electron chi connectivity index (χ2n) is 0.192. The van der Waals surface area contributed by atoms with E-state index in [9.17, 15) is 0 Å². The van der Waals surface area contributed by atoms with Crippen LogP contribution >= 0.6 is 0 Å². The quantitative estimate of drug-likeness (QED) is 0.358. The molecule has 7 heavy (non-hydrogen) atoms. The Bertz CT molecular complexity index is 30.7.